The lowest BCUT2D eigenvalue weighted by Crippen LogP contribution is -2.33. The van der Waals surface area contributed by atoms with Crippen molar-refractivity contribution in [1.82, 2.24) is 5.32 Å². The van der Waals surface area contributed by atoms with Gasteiger partial charge in [-0.1, -0.05) is 84.0 Å². The minimum absolute atomic E-state index is 0.268. The number of nitrogens with one attached hydrogen (secondary N) is 1. The quantitative estimate of drug-likeness (QED) is 0.247. The van der Waals surface area contributed by atoms with Crippen molar-refractivity contribution in [1.29, 1.82) is 0 Å². The van der Waals surface area contributed by atoms with E-state index in [-0.39, 0.29) is 12.0 Å². The molecule has 1 heterocycles. The summed E-state index contributed by atoms with van der Waals surface area (Å²) < 4.78 is 4.90. The summed E-state index contributed by atoms with van der Waals surface area (Å²) in [5, 5.41) is 3.05. The van der Waals surface area contributed by atoms with Gasteiger partial charge in [0.1, 0.15) is 6.04 Å². The van der Waals surface area contributed by atoms with Crippen LogP contribution in [-0.4, -0.2) is 24.5 Å². The summed E-state index contributed by atoms with van der Waals surface area (Å²) in [5.41, 5.74) is 0. The van der Waals surface area contributed by atoms with Gasteiger partial charge < -0.3 is 10.1 Å². The van der Waals surface area contributed by atoms with E-state index in [2.05, 4.69) is 12.2 Å². The summed E-state index contributed by atoms with van der Waals surface area (Å²) in [7, 11) is 0. The third-order valence-electron chi connectivity index (χ3n) is 5.04. The minimum Gasteiger partial charge on any atom is -0.392 e. The first-order chi connectivity index (χ1) is 12.2. The van der Waals surface area contributed by atoms with Gasteiger partial charge in [-0.3, -0.25) is 4.79 Å². The number of carbonyl (C=O) groups is 2. The summed E-state index contributed by atoms with van der Waals surface area (Å²) in [6.45, 7) is 3.10. The van der Waals surface area contributed by atoms with Gasteiger partial charge in [-0.25, -0.2) is 4.79 Å². The highest BCUT2D eigenvalue weighted by atomic mass is 16.6. The molecule has 1 atom stereocenters. The Balaban J connectivity index is 1.80. The van der Waals surface area contributed by atoms with Gasteiger partial charge in [0, 0.05) is 6.42 Å². The molecule has 0 bridgehead atoms. The van der Waals surface area contributed by atoms with E-state index in [0.717, 1.165) is 32.2 Å². The fourth-order valence-electron chi connectivity index (χ4n) is 3.41. The molecule has 4 heteroatoms. The van der Waals surface area contributed by atoms with Gasteiger partial charge in [-0.05, 0) is 25.8 Å². The monoisotopic (exact) mass is 353 g/mol. The van der Waals surface area contributed by atoms with Crippen LogP contribution in [0, 0.1) is 0 Å². The molecule has 0 aromatic rings. The molecule has 0 spiro atoms. The molecule has 1 saturated heterocycles. The molecule has 0 aromatic carbocycles. The molecule has 1 rings (SSSR count). The summed E-state index contributed by atoms with van der Waals surface area (Å²) >= 11 is 0. The van der Waals surface area contributed by atoms with E-state index in [0.29, 0.717) is 6.42 Å². The van der Waals surface area contributed by atoms with Crippen LogP contribution in [0.4, 0.5) is 0 Å². The Hall–Kier alpha value is -0.900. The van der Waals surface area contributed by atoms with Crippen LogP contribution in [0.3, 0.4) is 0 Å². The Kier molecular flexibility index (Phi) is 13.6. The zero-order valence-electron chi connectivity index (χ0n) is 16.3. The molecule has 1 aliphatic rings. The van der Waals surface area contributed by atoms with Crippen molar-refractivity contribution in [3.05, 3.63) is 0 Å². The van der Waals surface area contributed by atoms with Crippen LogP contribution in [0.1, 0.15) is 110 Å². The SMILES string of the molecule is CCCCCCCCCCCCCCCC(=O)OC(=O)[C@@H]1CCCN1. The smallest absolute Gasteiger partial charge is 0.330 e. The van der Waals surface area contributed by atoms with Gasteiger partial charge in [-0.15, -0.1) is 0 Å². The van der Waals surface area contributed by atoms with Crippen molar-refractivity contribution in [3.63, 3.8) is 0 Å². The lowest BCUT2D eigenvalue weighted by atomic mass is 10.0. The van der Waals surface area contributed by atoms with Gasteiger partial charge in [0.25, 0.3) is 0 Å². The van der Waals surface area contributed by atoms with Crippen molar-refractivity contribution in [3.8, 4) is 0 Å². The third-order valence-corrected chi connectivity index (χ3v) is 5.04. The second-order valence-electron chi connectivity index (χ2n) is 7.43. The highest BCUT2D eigenvalue weighted by molar-refractivity contribution is 5.88. The topological polar surface area (TPSA) is 55.4 Å². The van der Waals surface area contributed by atoms with E-state index < -0.39 is 5.97 Å². The molecular formula is C21H39NO3. The first kappa shape index (κ1) is 22.1. The molecular weight excluding hydrogens is 314 g/mol. The average Bonchev–Trinajstić information content (AvgIpc) is 3.13. The van der Waals surface area contributed by atoms with E-state index in [1.165, 1.54) is 70.6 Å². The first-order valence-electron chi connectivity index (χ1n) is 10.7. The number of hydrogen-bond donors (Lipinski definition) is 1. The van der Waals surface area contributed by atoms with E-state index >= 15 is 0 Å². The minimum atomic E-state index is -0.391. The molecule has 1 N–H and O–H groups in total. The van der Waals surface area contributed by atoms with Crippen molar-refractivity contribution in [2.75, 3.05) is 6.54 Å². The van der Waals surface area contributed by atoms with Crippen molar-refractivity contribution in [2.45, 2.75) is 116 Å². The number of carbonyl (C=O) groups excluding carboxylic acids is 2. The molecule has 0 unspecified atom stereocenters. The standard InChI is InChI=1S/C21H39NO3/c1-2-3-4-5-6-7-8-9-10-11-12-13-14-17-20(23)25-21(24)19-16-15-18-22-19/h19,22H,2-18H2,1H3/t19-/m0/s1. The van der Waals surface area contributed by atoms with Crippen LogP contribution in [0.2, 0.25) is 0 Å². The van der Waals surface area contributed by atoms with Gasteiger partial charge in [0.05, 0.1) is 0 Å². The molecule has 4 nitrogen and oxygen atoms in total. The predicted octanol–water partition coefficient (Wildman–Crippen LogP) is 5.29. The van der Waals surface area contributed by atoms with Gasteiger partial charge in [-0.2, -0.15) is 0 Å². The molecule has 0 saturated carbocycles. The Morgan fingerprint density at radius 1 is 0.840 bits per heavy atom. The van der Waals surface area contributed by atoms with E-state index in [1.54, 1.807) is 0 Å². The zero-order valence-corrected chi connectivity index (χ0v) is 16.3. The van der Waals surface area contributed by atoms with Crippen molar-refractivity contribution >= 4 is 11.9 Å². The number of esters is 2. The average molecular weight is 354 g/mol. The summed E-state index contributed by atoms with van der Waals surface area (Å²) in [4.78, 5) is 23.3. The first-order valence-corrected chi connectivity index (χ1v) is 10.7. The second-order valence-corrected chi connectivity index (χ2v) is 7.43. The molecule has 1 aliphatic heterocycles. The molecule has 0 aliphatic carbocycles. The molecule has 25 heavy (non-hydrogen) atoms. The van der Waals surface area contributed by atoms with Crippen LogP contribution < -0.4 is 5.32 Å². The Bertz CT molecular complexity index is 351. The molecule has 0 aromatic heterocycles. The van der Waals surface area contributed by atoms with Crippen LogP contribution in [0.5, 0.6) is 0 Å². The molecule has 146 valence electrons. The number of rotatable bonds is 15. The second kappa shape index (κ2) is 15.4. The summed E-state index contributed by atoms with van der Waals surface area (Å²) in [6, 6.07) is -0.268. The van der Waals surface area contributed by atoms with Crippen LogP contribution in [0.25, 0.3) is 0 Å². The normalized spacial score (nSPS) is 16.9. The summed E-state index contributed by atoms with van der Waals surface area (Å²) in [6.07, 6.45) is 18.8. The van der Waals surface area contributed by atoms with Gasteiger partial charge >= 0.3 is 11.9 Å². The van der Waals surface area contributed by atoms with Crippen LogP contribution in [-0.2, 0) is 14.3 Å². The van der Waals surface area contributed by atoms with Crippen molar-refractivity contribution in [2.24, 2.45) is 0 Å². The highest BCUT2D eigenvalue weighted by Gasteiger charge is 2.25. The number of ether oxygens (including phenoxy) is 1. The Morgan fingerprint density at radius 2 is 1.36 bits per heavy atom. The molecule has 0 amide bonds. The van der Waals surface area contributed by atoms with Crippen LogP contribution in [0.15, 0.2) is 0 Å². The third kappa shape index (κ3) is 12.1. The maximum absolute atomic E-state index is 11.7. The van der Waals surface area contributed by atoms with Gasteiger partial charge in [0.15, 0.2) is 0 Å². The molecule has 1 fully saturated rings. The lowest BCUT2D eigenvalue weighted by molar-refractivity contribution is -0.161. The molecule has 0 radical (unpaired) electrons. The fourth-order valence-corrected chi connectivity index (χ4v) is 3.41. The van der Waals surface area contributed by atoms with E-state index in [4.69, 9.17) is 4.74 Å². The van der Waals surface area contributed by atoms with Gasteiger partial charge in [0.2, 0.25) is 0 Å². The maximum Gasteiger partial charge on any atom is 0.330 e. The van der Waals surface area contributed by atoms with Crippen molar-refractivity contribution < 1.29 is 14.3 Å². The van der Waals surface area contributed by atoms with Crippen LogP contribution >= 0.6 is 0 Å². The number of hydrogen-bond acceptors (Lipinski definition) is 4. The fraction of sp³-hybridized carbons (Fsp3) is 0.905. The highest BCUT2D eigenvalue weighted by Crippen LogP contribution is 2.13. The zero-order chi connectivity index (χ0) is 18.2. The number of unbranched alkanes of at least 4 members (excludes halogenated alkanes) is 12. The largest absolute Gasteiger partial charge is 0.392 e. The maximum atomic E-state index is 11.7. The predicted molar refractivity (Wildman–Crippen MR) is 102 cm³/mol. The van der Waals surface area contributed by atoms with E-state index in [9.17, 15) is 9.59 Å². The summed E-state index contributed by atoms with van der Waals surface area (Å²) in [5.74, 6) is -0.751. The van der Waals surface area contributed by atoms with E-state index in [1.807, 2.05) is 0 Å². The Labute approximate surface area is 154 Å². The lowest BCUT2D eigenvalue weighted by Gasteiger charge is -2.08. The Morgan fingerprint density at radius 3 is 1.84 bits per heavy atom.